The molecule has 1 saturated heterocycles. The van der Waals surface area contributed by atoms with Gasteiger partial charge in [-0.15, -0.1) is 11.3 Å². The number of hydrogen-bond acceptors (Lipinski definition) is 4. The summed E-state index contributed by atoms with van der Waals surface area (Å²) in [6.07, 6.45) is 1.87. The molecular weight excluding hydrogens is 212 g/mol. The second kappa shape index (κ2) is 4.28. The number of aryl methyl sites for hydroxylation is 1. The van der Waals surface area contributed by atoms with Crippen LogP contribution in [0.5, 0.6) is 0 Å². The number of aromatic nitrogens is 1. The topological polar surface area (TPSA) is 53.4 Å². The molecule has 82 valence electrons. The second-order valence-corrected chi connectivity index (χ2v) is 4.79. The van der Waals surface area contributed by atoms with Crippen LogP contribution in [-0.4, -0.2) is 40.1 Å². The molecule has 0 aliphatic carbocycles. The van der Waals surface area contributed by atoms with Gasteiger partial charge in [0.2, 0.25) is 0 Å². The molecule has 2 rings (SSSR count). The van der Waals surface area contributed by atoms with Crippen LogP contribution in [0, 0.1) is 6.92 Å². The van der Waals surface area contributed by atoms with Crippen molar-refractivity contribution in [2.75, 3.05) is 13.2 Å². The number of likely N-dealkylation sites (tertiary alicyclic amines) is 1. The number of amides is 1. The molecule has 1 aromatic rings. The first kappa shape index (κ1) is 10.6. The maximum Gasteiger partial charge on any atom is 0.273 e. The smallest absolute Gasteiger partial charge is 0.273 e. The fraction of sp³-hybridized carbons (Fsp3) is 0.600. The van der Waals surface area contributed by atoms with Crippen molar-refractivity contribution in [1.82, 2.24) is 9.88 Å². The predicted molar refractivity (Wildman–Crippen MR) is 58.0 cm³/mol. The van der Waals surface area contributed by atoms with Crippen LogP contribution >= 0.6 is 11.3 Å². The highest BCUT2D eigenvalue weighted by atomic mass is 32.1. The van der Waals surface area contributed by atoms with Gasteiger partial charge in [-0.25, -0.2) is 4.98 Å². The Morgan fingerprint density at radius 3 is 3.20 bits per heavy atom. The van der Waals surface area contributed by atoms with Gasteiger partial charge in [-0.3, -0.25) is 4.79 Å². The SMILES string of the molecule is Cc1nc(C(=O)N2CCC[C@@H]2CO)cs1. The summed E-state index contributed by atoms with van der Waals surface area (Å²) in [5.74, 6) is -0.0455. The first-order valence-electron chi connectivity index (χ1n) is 5.06. The Hall–Kier alpha value is -0.940. The van der Waals surface area contributed by atoms with Crippen LogP contribution in [0.25, 0.3) is 0 Å². The molecule has 1 atom stereocenters. The lowest BCUT2D eigenvalue weighted by molar-refractivity contribution is 0.0672. The number of hydrogen-bond donors (Lipinski definition) is 1. The van der Waals surface area contributed by atoms with E-state index in [9.17, 15) is 4.79 Å². The summed E-state index contributed by atoms with van der Waals surface area (Å²) < 4.78 is 0. The lowest BCUT2D eigenvalue weighted by Gasteiger charge is -2.21. The Balaban J connectivity index is 2.13. The summed E-state index contributed by atoms with van der Waals surface area (Å²) >= 11 is 1.48. The zero-order valence-corrected chi connectivity index (χ0v) is 9.46. The summed E-state index contributed by atoms with van der Waals surface area (Å²) in [7, 11) is 0. The molecule has 1 N–H and O–H groups in total. The minimum Gasteiger partial charge on any atom is -0.394 e. The van der Waals surface area contributed by atoms with Crippen molar-refractivity contribution in [3.63, 3.8) is 0 Å². The maximum absolute atomic E-state index is 12.0. The molecule has 0 aromatic carbocycles. The Morgan fingerprint density at radius 1 is 1.80 bits per heavy atom. The minimum atomic E-state index is -0.0455. The fourth-order valence-corrected chi connectivity index (χ4v) is 2.49. The van der Waals surface area contributed by atoms with Gasteiger partial charge in [0.15, 0.2) is 0 Å². The fourth-order valence-electron chi connectivity index (χ4n) is 1.90. The molecule has 15 heavy (non-hydrogen) atoms. The van der Waals surface area contributed by atoms with E-state index in [4.69, 9.17) is 5.11 Å². The van der Waals surface area contributed by atoms with Crippen molar-refractivity contribution in [1.29, 1.82) is 0 Å². The highest BCUT2D eigenvalue weighted by molar-refractivity contribution is 7.09. The monoisotopic (exact) mass is 226 g/mol. The normalized spacial score (nSPS) is 20.9. The van der Waals surface area contributed by atoms with Crippen LogP contribution in [0.1, 0.15) is 28.3 Å². The third-order valence-corrected chi connectivity index (χ3v) is 3.46. The van der Waals surface area contributed by atoms with Crippen molar-refractivity contribution >= 4 is 17.2 Å². The average Bonchev–Trinajstić information content (AvgIpc) is 2.84. The van der Waals surface area contributed by atoms with E-state index in [0.29, 0.717) is 5.69 Å². The van der Waals surface area contributed by atoms with E-state index in [1.165, 1.54) is 11.3 Å². The van der Waals surface area contributed by atoms with Crippen LogP contribution in [-0.2, 0) is 0 Å². The Morgan fingerprint density at radius 2 is 2.60 bits per heavy atom. The van der Waals surface area contributed by atoms with E-state index in [0.717, 1.165) is 24.4 Å². The average molecular weight is 226 g/mol. The minimum absolute atomic E-state index is 0.0143. The molecule has 0 saturated carbocycles. The highest BCUT2D eigenvalue weighted by Gasteiger charge is 2.29. The molecule has 1 aliphatic heterocycles. The predicted octanol–water partition coefficient (Wildman–Crippen LogP) is 1.05. The van der Waals surface area contributed by atoms with Gasteiger partial charge in [-0.2, -0.15) is 0 Å². The second-order valence-electron chi connectivity index (χ2n) is 3.73. The quantitative estimate of drug-likeness (QED) is 0.820. The van der Waals surface area contributed by atoms with Crippen molar-refractivity contribution in [2.24, 2.45) is 0 Å². The van der Waals surface area contributed by atoms with Crippen molar-refractivity contribution in [3.8, 4) is 0 Å². The first-order valence-corrected chi connectivity index (χ1v) is 5.94. The molecule has 0 radical (unpaired) electrons. The van der Waals surface area contributed by atoms with Gasteiger partial charge in [0.05, 0.1) is 17.7 Å². The third-order valence-electron chi connectivity index (χ3n) is 2.69. The van der Waals surface area contributed by atoms with Gasteiger partial charge in [0.25, 0.3) is 5.91 Å². The van der Waals surface area contributed by atoms with Crippen molar-refractivity contribution < 1.29 is 9.90 Å². The molecule has 0 spiro atoms. The Labute approximate surface area is 92.6 Å². The molecule has 0 bridgehead atoms. The number of thiazole rings is 1. The first-order chi connectivity index (χ1) is 7.22. The Kier molecular flexibility index (Phi) is 3.02. The van der Waals surface area contributed by atoms with Crippen LogP contribution in [0.15, 0.2) is 5.38 Å². The van der Waals surface area contributed by atoms with Crippen LogP contribution in [0.3, 0.4) is 0 Å². The van der Waals surface area contributed by atoms with E-state index in [1.807, 2.05) is 6.92 Å². The number of aliphatic hydroxyl groups excluding tert-OH is 1. The molecule has 1 fully saturated rings. The Bertz CT molecular complexity index is 364. The molecule has 0 unspecified atom stereocenters. The summed E-state index contributed by atoms with van der Waals surface area (Å²) in [6.45, 7) is 2.67. The molecule has 1 aromatic heterocycles. The van der Waals surface area contributed by atoms with Gasteiger partial charge in [0.1, 0.15) is 5.69 Å². The summed E-state index contributed by atoms with van der Waals surface area (Å²) in [5, 5.41) is 11.8. The number of nitrogens with zero attached hydrogens (tertiary/aromatic N) is 2. The third kappa shape index (κ3) is 2.03. The largest absolute Gasteiger partial charge is 0.394 e. The maximum atomic E-state index is 12.0. The van der Waals surface area contributed by atoms with Crippen molar-refractivity contribution in [2.45, 2.75) is 25.8 Å². The van der Waals surface area contributed by atoms with E-state index >= 15 is 0 Å². The molecule has 4 nitrogen and oxygen atoms in total. The van der Waals surface area contributed by atoms with E-state index in [2.05, 4.69) is 4.98 Å². The lowest BCUT2D eigenvalue weighted by atomic mass is 10.2. The summed E-state index contributed by atoms with van der Waals surface area (Å²) in [4.78, 5) is 17.9. The number of rotatable bonds is 2. The number of aliphatic hydroxyl groups is 1. The van der Waals surface area contributed by atoms with Crippen molar-refractivity contribution in [3.05, 3.63) is 16.1 Å². The van der Waals surface area contributed by atoms with E-state index < -0.39 is 0 Å². The molecule has 1 amide bonds. The van der Waals surface area contributed by atoms with E-state index in [-0.39, 0.29) is 18.6 Å². The van der Waals surface area contributed by atoms with Crippen LogP contribution in [0.4, 0.5) is 0 Å². The van der Waals surface area contributed by atoms with Gasteiger partial charge in [0, 0.05) is 11.9 Å². The zero-order chi connectivity index (χ0) is 10.8. The van der Waals surface area contributed by atoms with Crippen LogP contribution < -0.4 is 0 Å². The lowest BCUT2D eigenvalue weighted by Crippen LogP contribution is -2.37. The summed E-state index contributed by atoms with van der Waals surface area (Å²) in [5.41, 5.74) is 0.512. The van der Waals surface area contributed by atoms with Gasteiger partial charge >= 0.3 is 0 Å². The van der Waals surface area contributed by atoms with Gasteiger partial charge < -0.3 is 10.0 Å². The van der Waals surface area contributed by atoms with E-state index in [1.54, 1.807) is 10.3 Å². The molecule has 2 heterocycles. The highest BCUT2D eigenvalue weighted by Crippen LogP contribution is 2.20. The summed E-state index contributed by atoms with van der Waals surface area (Å²) in [6, 6.07) is -0.0143. The van der Waals surface area contributed by atoms with Crippen LogP contribution in [0.2, 0.25) is 0 Å². The molecule has 5 heteroatoms. The number of carbonyl (C=O) groups is 1. The molecular formula is C10H14N2O2S. The number of carbonyl (C=O) groups excluding carboxylic acids is 1. The molecule has 1 aliphatic rings. The van der Waals surface area contributed by atoms with Gasteiger partial charge in [-0.1, -0.05) is 0 Å². The van der Waals surface area contributed by atoms with Gasteiger partial charge in [-0.05, 0) is 19.8 Å². The zero-order valence-electron chi connectivity index (χ0n) is 8.64. The standard InChI is InChI=1S/C10H14N2O2S/c1-7-11-9(6-15-7)10(14)12-4-2-3-8(12)5-13/h6,8,13H,2-5H2,1H3/t8-/m1/s1.